The van der Waals surface area contributed by atoms with Gasteiger partial charge in [0.1, 0.15) is 5.75 Å². The minimum Gasteiger partial charge on any atom is -0.497 e. The van der Waals surface area contributed by atoms with E-state index in [9.17, 15) is 4.79 Å². The van der Waals surface area contributed by atoms with Gasteiger partial charge in [-0.2, -0.15) is 0 Å². The second kappa shape index (κ2) is 8.20. The quantitative estimate of drug-likeness (QED) is 0.677. The molecule has 0 aliphatic carbocycles. The lowest BCUT2D eigenvalue weighted by Gasteiger charge is -2.06. The number of carbonyl (C=O) groups excluding carboxylic acids is 1. The second-order valence-electron chi connectivity index (χ2n) is 5.15. The van der Waals surface area contributed by atoms with E-state index in [1.54, 1.807) is 25.6 Å². The molecule has 0 aliphatic rings. The Hall–Kier alpha value is -3.00. The molecular formula is C17H17N5O2S. The van der Waals surface area contributed by atoms with Gasteiger partial charge in [0, 0.05) is 24.3 Å². The Morgan fingerprint density at radius 1 is 1.24 bits per heavy atom. The molecule has 8 heteroatoms. The normalized spacial score (nSPS) is 10.3. The number of benzene rings is 1. The highest BCUT2D eigenvalue weighted by Gasteiger charge is 2.09. The Morgan fingerprint density at radius 3 is 2.88 bits per heavy atom. The van der Waals surface area contributed by atoms with E-state index in [1.807, 2.05) is 29.6 Å². The molecule has 7 nitrogen and oxygen atoms in total. The van der Waals surface area contributed by atoms with Crippen LogP contribution in [-0.2, 0) is 17.8 Å². The van der Waals surface area contributed by atoms with Crippen LogP contribution < -0.4 is 15.4 Å². The van der Waals surface area contributed by atoms with Crippen LogP contribution in [0.2, 0.25) is 0 Å². The molecule has 0 aliphatic heterocycles. The summed E-state index contributed by atoms with van der Waals surface area (Å²) in [6.07, 6.45) is 3.52. The van der Waals surface area contributed by atoms with Crippen molar-refractivity contribution >= 4 is 28.3 Å². The Bertz CT molecular complexity index is 838. The maximum Gasteiger partial charge on any atom is 0.228 e. The Labute approximate surface area is 149 Å². The van der Waals surface area contributed by atoms with Crippen LogP contribution in [0.5, 0.6) is 5.75 Å². The number of anilines is 2. The van der Waals surface area contributed by atoms with Crippen LogP contribution in [0.3, 0.4) is 0 Å². The van der Waals surface area contributed by atoms with E-state index in [2.05, 4.69) is 25.6 Å². The minimum atomic E-state index is -0.0874. The van der Waals surface area contributed by atoms with Crippen LogP contribution in [0.4, 0.5) is 11.1 Å². The van der Waals surface area contributed by atoms with Crippen molar-refractivity contribution in [2.24, 2.45) is 0 Å². The summed E-state index contributed by atoms with van der Waals surface area (Å²) in [4.78, 5) is 24.6. The van der Waals surface area contributed by atoms with Crippen molar-refractivity contribution < 1.29 is 9.53 Å². The second-order valence-corrected chi connectivity index (χ2v) is 6.00. The number of rotatable bonds is 7. The first-order valence-electron chi connectivity index (χ1n) is 7.61. The van der Waals surface area contributed by atoms with Gasteiger partial charge in [-0.05, 0) is 23.8 Å². The third kappa shape index (κ3) is 4.98. The first kappa shape index (κ1) is 16.8. The fourth-order valence-corrected chi connectivity index (χ4v) is 2.82. The average molecular weight is 355 g/mol. The molecule has 2 aromatic heterocycles. The van der Waals surface area contributed by atoms with Crippen molar-refractivity contribution in [2.45, 2.75) is 13.0 Å². The van der Waals surface area contributed by atoms with Gasteiger partial charge in [0.15, 0.2) is 5.13 Å². The van der Waals surface area contributed by atoms with E-state index in [-0.39, 0.29) is 12.3 Å². The van der Waals surface area contributed by atoms with Crippen LogP contribution in [0, 0.1) is 0 Å². The van der Waals surface area contributed by atoms with Crippen molar-refractivity contribution in [3.05, 3.63) is 59.4 Å². The SMILES string of the molecule is COc1cccc(CNC(=O)Cc2csc(Nc3ncccn3)n2)c1. The number of nitrogens with one attached hydrogen (secondary N) is 2. The van der Waals surface area contributed by atoms with Crippen molar-refractivity contribution in [2.75, 3.05) is 12.4 Å². The van der Waals surface area contributed by atoms with Gasteiger partial charge in [0.2, 0.25) is 11.9 Å². The number of thiazole rings is 1. The molecule has 3 rings (SSSR count). The Kier molecular flexibility index (Phi) is 5.53. The molecule has 0 fully saturated rings. The summed E-state index contributed by atoms with van der Waals surface area (Å²) in [6, 6.07) is 9.33. The molecule has 0 atom stereocenters. The summed E-state index contributed by atoms with van der Waals surface area (Å²) in [6.45, 7) is 0.448. The third-order valence-corrected chi connectivity index (χ3v) is 4.11. The number of hydrogen-bond donors (Lipinski definition) is 2. The highest BCUT2D eigenvalue weighted by molar-refractivity contribution is 7.13. The molecule has 1 amide bonds. The number of hydrogen-bond acceptors (Lipinski definition) is 7. The summed E-state index contributed by atoms with van der Waals surface area (Å²) in [5.74, 6) is 1.16. The van der Waals surface area contributed by atoms with Crippen LogP contribution in [0.25, 0.3) is 0 Å². The van der Waals surface area contributed by atoms with E-state index in [0.29, 0.717) is 23.3 Å². The number of amides is 1. The molecule has 0 radical (unpaired) electrons. The maximum atomic E-state index is 12.1. The molecule has 0 saturated carbocycles. The van der Waals surface area contributed by atoms with Crippen LogP contribution in [0.1, 0.15) is 11.3 Å². The van der Waals surface area contributed by atoms with Crippen molar-refractivity contribution in [3.63, 3.8) is 0 Å². The summed E-state index contributed by atoms with van der Waals surface area (Å²) >= 11 is 1.41. The largest absolute Gasteiger partial charge is 0.497 e. The molecular weight excluding hydrogens is 338 g/mol. The monoisotopic (exact) mass is 355 g/mol. The van der Waals surface area contributed by atoms with Crippen molar-refractivity contribution in [1.82, 2.24) is 20.3 Å². The number of carbonyl (C=O) groups is 1. The summed E-state index contributed by atoms with van der Waals surface area (Å²) in [5, 5.41) is 8.39. The zero-order chi connectivity index (χ0) is 17.5. The van der Waals surface area contributed by atoms with E-state index < -0.39 is 0 Å². The molecule has 128 valence electrons. The van der Waals surface area contributed by atoms with Crippen LogP contribution in [-0.4, -0.2) is 28.0 Å². The zero-order valence-corrected chi connectivity index (χ0v) is 14.4. The molecule has 0 spiro atoms. The van der Waals surface area contributed by atoms with E-state index in [0.717, 1.165) is 11.3 Å². The predicted molar refractivity (Wildman–Crippen MR) is 96.0 cm³/mol. The van der Waals surface area contributed by atoms with Crippen LogP contribution >= 0.6 is 11.3 Å². The smallest absolute Gasteiger partial charge is 0.228 e. The van der Waals surface area contributed by atoms with Gasteiger partial charge in [-0.25, -0.2) is 15.0 Å². The van der Waals surface area contributed by atoms with E-state index >= 15 is 0 Å². The minimum absolute atomic E-state index is 0.0874. The fraction of sp³-hybridized carbons (Fsp3) is 0.176. The standard InChI is InChI=1S/C17H17N5O2S/c1-24-14-5-2-4-12(8-14)10-20-15(23)9-13-11-25-17(21-13)22-16-18-6-3-7-19-16/h2-8,11H,9-10H2,1H3,(H,20,23)(H,18,19,21,22). The van der Waals surface area contributed by atoms with Gasteiger partial charge in [-0.3, -0.25) is 4.79 Å². The van der Waals surface area contributed by atoms with Gasteiger partial charge in [0.05, 0.1) is 19.2 Å². The molecule has 2 heterocycles. The van der Waals surface area contributed by atoms with Gasteiger partial charge in [-0.1, -0.05) is 12.1 Å². The molecule has 1 aromatic carbocycles. The Balaban J connectivity index is 1.51. The van der Waals surface area contributed by atoms with Gasteiger partial charge in [-0.15, -0.1) is 11.3 Å². The van der Waals surface area contributed by atoms with E-state index in [1.165, 1.54) is 11.3 Å². The highest BCUT2D eigenvalue weighted by Crippen LogP contribution is 2.18. The molecule has 0 saturated heterocycles. The fourth-order valence-electron chi connectivity index (χ4n) is 2.11. The zero-order valence-electron chi connectivity index (χ0n) is 13.6. The number of methoxy groups -OCH3 is 1. The first-order valence-corrected chi connectivity index (χ1v) is 8.49. The van der Waals surface area contributed by atoms with Crippen molar-refractivity contribution in [1.29, 1.82) is 0 Å². The molecule has 0 unspecified atom stereocenters. The number of ether oxygens (including phenoxy) is 1. The topological polar surface area (TPSA) is 89.0 Å². The first-order chi connectivity index (χ1) is 12.2. The average Bonchev–Trinajstić information content (AvgIpc) is 3.08. The molecule has 3 aromatic rings. The van der Waals surface area contributed by atoms with Crippen LogP contribution in [0.15, 0.2) is 48.1 Å². The Morgan fingerprint density at radius 2 is 2.08 bits per heavy atom. The molecule has 25 heavy (non-hydrogen) atoms. The lowest BCUT2D eigenvalue weighted by molar-refractivity contribution is -0.120. The van der Waals surface area contributed by atoms with Gasteiger partial charge < -0.3 is 15.4 Å². The predicted octanol–water partition coefficient (Wildman–Crippen LogP) is 2.54. The lowest BCUT2D eigenvalue weighted by atomic mass is 10.2. The van der Waals surface area contributed by atoms with Crippen molar-refractivity contribution in [3.8, 4) is 5.75 Å². The molecule has 2 N–H and O–H groups in total. The van der Waals surface area contributed by atoms with E-state index in [4.69, 9.17) is 4.74 Å². The summed E-state index contributed by atoms with van der Waals surface area (Å²) < 4.78 is 5.17. The third-order valence-electron chi connectivity index (χ3n) is 3.30. The molecule has 0 bridgehead atoms. The highest BCUT2D eigenvalue weighted by atomic mass is 32.1. The van der Waals surface area contributed by atoms with Gasteiger partial charge in [0.25, 0.3) is 0 Å². The maximum absolute atomic E-state index is 12.1. The number of nitrogens with zero attached hydrogens (tertiary/aromatic N) is 3. The number of aromatic nitrogens is 3. The lowest BCUT2D eigenvalue weighted by Crippen LogP contribution is -2.24. The van der Waals surface area contributed by atoms with Gasteiger partial charge >= 0.3 is 0 Å². The summed E-state index contributed by atoms with van der Waals surface area (Å²) in [7, 11) is 1.62. The summed E-state index contributed by atoms with van der Waals surface area (Å²) in [5.41, 5.74) is 1.68.